The highest BCUT2D eigenvalue weighted by Crippen LogP contribution is 2.44. The van der Waals surface area contributed by atoms with E-state index in [0.717, 1.165) is 20.8 Å². The predicted molar refractivity (Wildman–Crippen MR) is 125 cm³/mol. The van der Waals surface area contributed by atoms with E-state index >= 15 is 0 Å². The first-order valence-corrected chi connectivity index (χ1v) is 11.4. The molecule has 2 saturated heterocycles. The standard InChI is InChI=1S/C23H22BrN5O4/c1-23(2)32-18-17(10-30-14-4-3-12-7-13(24)9-26-16(12)8-14)31-22(19(18)33-23)29-6-5-15-20(25)27-11-28-21(15)29/h3-9,11,17-19,22H,10H2,1-2H3,(H2,25,27,28)/t17-,18-,19-,22-/m1/s1. The first-order chi connectivity index (χ1) is 15.9. The molecular weight excluding hydrogens is 490 g/mol. The normalized spacial score (nSPS) is 26.2. The average molecular weight is 512 g/mol. The van der Waals surface area contributed by atoms with Gasteiger partial charge < -0.3 is 29.2 Å². The quantitative estimate of drug-likeness (QED) is 0.440. The zero-order valence-corrected chi connectivity index (χ0v) is 19.6. The maximum atomic E-state index is 6.40. The molecule has 1 aromatic carbocycles. The lowest BCUT2D eigenvalue weighted by molar-refractivity contribution is -0.198. The van der Waals surface area contributed by atoms with Gasteiger partial charge in [0.15, 0.2) is 12.0 Å². The third-order valence-electron chi connectivity index (χ3n) is 5.98. The number of rotatable bonds is 4. The Morgan fingerprint density at radius 3 is 2.85 bits per heavy atom. The van der Waals surface area contributed by atoms with Crippen molar-refractivity contribution < 1.29 is 18.9 Å². The minimum absolute atomic E-state index is 0.295. The largest absolute Gasteiger partial charge is 0.491 e. The number of nitrogens with two attached hydrogens (primary N) is 1. The summed E-state index contributed by atoms with van der Waals surface area (Å²) in [5.74, 6) is 0.410. The van der Waals surface area contributed by atoms with Gasteiger partial charge in [-0.15, -0.1) is 0 Å². The first kappa shape index (κ1) is 20.8. The fourth-order valence-corrected chi connectivity index (χ4v) is 4.90. The monoisotopic (exact) mass is 511 g/mol. The number of ether oxygens (including phenoxy) is 4. The van der Waals surface area contributed by atoms with Crippen LogP contribution in [0.3, 0.4) is 0 Å². The Labute approximate surface area is 197 Å². The number of hydrogen-bond acceptors (Lipinski definition) is 8. The van der Waals surface area contributed by atoms with Gasteiger partial charge in [0.1, 0.15) is 48.5 Å². The van der Waals surface area contributed by atoms with Crippen molar-refractivity contribution in [3.63, 3.8) is 0 Å². The molecule has 170 valence electrons. The van der Waals surface area contributed by atoms with Crippen LogP contribution in [0.15, 0.2) is 53.5 Å². The smallest absolute Gasteiger partial charge is 0.164 e. The number of nitrogen functional groups attached to an aromatic ring is 1. The summed E-state index contributed by atoms with van der Waals surface area (Å²) in [7, 11) is 0. The molecule has 0 saturated carbocycles. The van der Waals surface area contributed by atoms with Gasteiger partial charge in [-0.1, -0.05) is 0 Å². The molecular formula is C23H22BrN5O4. The molecule has 33 heavy (non-hydrogen) atoms. The molecule has 0 aliphatic carbocycles. The average Bonchev–Trinajstić information content (AvgIpc) is 3.44. The van der Waals surface area contributed by atoms with Crippen LogP contribution in [0.2, 0.25) is 0 Å². The molecule has 9 nitrogen and oxygen atoms in total. The van der Waals surface area contributed by atoms with Gasteiger partial charge in [-0.2, -0.15) is 0 Å². The summed E-state index contributed by atoms with van der Waals surface area (Å²) < 4.78 is 27.8. The highest BCUT2D eigenvalue weighted by molar-refractivity contribution is 9.10. The summed E-state index contributed by atoms with van der Waals surface area (Å²) >= 11 is 3.45. The summed E-state index contributed by atoms with van der Waals surface area (Å²) in [6.45, 7) is 4.11. The number of halogens is 1. The van der Waals surface area contributed by atoms with Gasteiger partial charge in [0, 0.05) is 28.3 Å². The summed E-state index contributed by atoms with van der Waals surface area (Å²) in [6.07, 6.45) is 3.71. The van der Waals surface area contributed by atoms with Crippen molar-refractivity contribution in [2.45, 2.75) is 44.2 Å². The van der Waals surface area contributed by atoms with Crippen molar-refractivity contribution in [1.82, 2.24) is 19.5 Å². The second-order valence-corrected chi connectivity index (χ2v) is 9.58. The van der Waals surface area contributed by atoms with Gasteiger partial charge in [0.25, 0.3) is 0 Å². The van der Waals surface area contributed by atoms with Crippen molar-refractivity contribution in [3.8, 4) is 5.75 Å². The van der Waals surface area contributed by atoms with Crippen LogP contribution in [0.5, 0.6) is 5.75 Å². The van der Waals surface area contributed by atoms with E-state index in [1.807, 2.05) is 54.9 Å². The number of pyridine rings is 1. The van der Waals surface area contributed by atoms with Gasteiger partial charge in [-0.25, -0.2) is 9.97 Å². The number of nitrogens with zero attached hydrogens (tertiary/aromatic N) is 4. The van der Waals surface area contributed by atoms with E-state index in [1.165, 1.54) is 6.33 Å². The van der Waals surface area contributed by atoms with Crippen LogP contribution in [0, 0.1) is 0 Å². The molecule has 2 N–H and O–H groups in total. The lowest BCUT2D eigenvalue weighted by atomic mass is 10.1. The Hall–Kier alpha value is -2.79. The van der Waals surface area contributed by atoms with Crippen LogP contribution in [0.1, 0.15) is 20.1 Å². The van der Waals surface area contributed by atoms with E-state index in [0.29, 0.717) is 23.8 Å². The van der Waals surface area contributed by atoms with E-state index in [9.17, 15) is 0 Å². The number of anilines is 1. The van der Waals surface area contributed by atoms with E-state index in [4.69, 9.17) is 24.7 Å². The molecule has 4 aromatic rings. The molecule has 0 unspecified atom stereocenters. The molecule has 5 heterocycles. The maximum Gasteiger partial charge on any atom is 0.164 e. The predicted octanol–water partition coefficient (Wildman–Crippen LogP) is 3.82. The minimum Gasteiger partial charge on any atom is -0.491 e. The second kappa shape index (κ2) is 7.63. The van der Waals surface area contributed by atoms with Crippen LogP contribution in [0.4, 0.5) is 5.82 Å². The Morgan fingerprint density at radius 1 is 1.12 bits per heavy atom. The molecule has 4 atom stereocenters. The van der Waals surface area contributed by atoms with Gasteiger partial charge in [-0.3, -0.25) is 4.98 Å². The van der Waals surface area contributed by atoms with Crippen LogP contribution in [-0.2, 0) is 14.2 Å². The molecule has 3 aromatic heterocycles. The molecule has 0 radical (unpaired) electrons. The lowest BCUT2D eigenvalue weighted by Crippen LogP contribution is -2.33. The summed E-state index contributed by atoms with van der Waals surface area (Å²) in [4.78, 5) is 12.9. The number of aromatic nitrogens is 4. The van der Waals surface area contributed by atoms with Gasteiger partial charge in [-0.05, 0) is 54.0 Å². The Morgan fingerprint density at radius 2 is 1.97 bits per heavy atom. The van der Waals surface area contributed by atoms with Crippen molar-refractivity contribution >= 4 is 43.7 Å². The maximum absolute atomic E-state index is 6.40. The molecule has 0 amide bonds. The highest BCUT2D eigenvalue weighted by atomic mass is 79.9. The van der Waals surface area contributed by atoms with E-state index < -0.39 is 12.0 Å². The SMILES string of the molecule is CC1(C)O[C@@H]2[C@H](O1)[C@@H](COc1ccc3cc(Br)cnc3c1)O[C@H]2n1ccc2c(N)ncnc21. The van der Waals surface area contributed by atoms with Crippen LogP contribution in [0.25, 0.3) is 21.9 Å². The van der Waals surface area contributed by atoms with Gasteiger partial charge in [0.05, 0.1) is 10.9 Å². The minimum atomic E-state index is -0.729. The number of benzene rings is 1. The Kier molecular flexibility index (Phi) is 4.80. The van der Waals surface area contributed by atoms with Crippen molar-refractivity contribution in [2.75, 3.05) is 12.3 Å². The number of fused-ring (bicyclic) bond motifs is 3. The molecule has 10 heteroatoms. The topological polar surface area (TPSA) is 107 Å². The van der Waals surface area contributed by atoms with Crippen molar-refractivity contribution in [1.29, 1.82) is 0 Å². The highest BCUT2D eigenvalue weighted by Gasteiger charge is 2.56. The molecule has 0 spiro atoms. The summed E-state index contributed by atoms with van der Waals surface area (Å²) in [5, 5.41) is 1.80. The van der Waals surface area contributed by atoms with Gasteiger partial charge in [0.2, 0.25) is 0 Å². The van der Waals surface area contributed by atoms with Crippen molar-refractivity contribution in [3.05, 3.63) is 53.5 Å². The summed E-state index contributed by atoms with van der Waals surface area (Å²) in [6, 6.07) is 9.73. The van der Waals surface area contributed by atoms with E-state index in [-0.39, 0.29) is 18.3 Å². The zero-order chi connectivity index (χ0) is 22.7. The number of hydrogen-bond donors (Lipinski definition) is 1. The van der Waals surface area contributed by atoms with Crippen LogP contribution < -0.4 is 10.5 Å². The fraction of sp³-hybridized carbons (Fsp3) is 0.348. The molecule has 0 bridgehead atoms. The lowest BCUT2D eigenvalue weighted by Gasteiger charge is -2.25. The van der Waals surface area contributed by atoms with Gasteiger partial charge >= 0.3 is 0 Å². The first-order valence-electron chi connectivity index (χ1n) is 10.6. The third-order valence-corrected chi connectivity index (χ3v) is 6.41. The third kappa shape index (κ3) is 3.63. The Balaban J connectivity index is 1.27. The second-order valence-electron chi connectivity index (χ2n) is 8.67. The van der Waals surface area contributed by atoms with Crippen molar-refractivity contribution in [2.24, 2.45) is 0 Å². The summed E-state index contributed by atoms with van der Waals surface area (Å²) in [5.41, 5.74) is 7.56. The molecule has 6 rings (SSSR count). The van der Waals surface area contributed by atoms with Crippen LogP contribution in [-0.4, -0.2) is 50.2 Å². The Bertz CT molecular complexity index is 1360. The van der Waals surface area contributed by atoms with Crippen LogP contribution >= 0.6 is 15.9 Å². The van der Waals surface area contributed by atoms with E-state index in [1.54, 1.807) is 6.20 Å². The van der Waals surface area contributed by atoms with E-state index in [2.05, 4.69) is 30.9 Å². The molecule has 2 aliphatic heterocycles. The fourth-order valence-electron chi connectivity index (χ4n) is 4.56. The molecule has 2 fully saturated rings. The zero-order valence-electron chi connectivity index (χ0n) is 18.0. The molecule has 2 aliphatic rings.